The molecule has 94 valence electrons. The maximum atomic E-state index is 12.3. The molecule has 0 radical (unpaired) electrons. The highest BCUT2D eigenvalue weighted by Gasteiger charge is 2.15. The molecule has 3 rings (SSSR count). The van der Waals surface area contributed by atoms with E-state index in [9.17, 15) is 4.79 Å². The Morgan fingerprint density at radius 1 is 1.11 bits per heavy atom. The zero-order chi connectivity index (χ0) is 13.2. The first-order valence-electron chi connectivity index (χ1n) is 5.85. The lowest BCUT2D eigenvalue weighted by Crippen LogP contribution is -1.99. The molecule has 0 atom stereocenters. The molecule has 3 aromatic rings. The number of rotatable bonds is 3. The van der Waals surface area contributed by atoms with Crippen molar-refractivity contribution in [1.82, 2.24) is 4.98 Å². The zero-order valence-electron chi connectivity index (χ0n) is 10.3. The number of benzene rings is 1. The molecule has 2 heterocycles. The fourth-order valence-electron chi connectivity index (χ4n) is 1.83. The maximum absolute atomic E-state index is 12.3. The summed E-state index contributed by atoms with van der Waals surface area (Å²) in [5, 5.41) is 4.55. The van der Waals surface area contributed by atoms with Crippen molar-refractivity contribution in [3.8, 4) is 10.6 Å². The lowest BCUT2D eigenvalue weighted by atomic mass is 10.1. The van der Waals surface area contributed by atoms with Crippen LogP contribution in [0.15, 0.2) is 47.2 Å². The van der Waals surface area contributed by atoms with Crippen LogP contribution in [0, 0.1) is 6.92 Å². The van der Waals surface area contributed by atoms with Gasteiger partial charge in [-0.1, -0.05) is 30.3 Å². The van der Waals surface area contributed by atoms with Crippen LogP contribution < -0.4 is 0 Å². The average molecular weight is 285 g/mol. The van der Waals surface area contributed by atoms with Crippen LogP contribution in [0.3, 0.4) is 0 Å². The second kappa shape index (κ2) is 5.07. The molecule has 19 heavy (non-hydrogen) atoms. The topological polar surface area (TPSA) is 30.0 Å². The second-order valence-electron chi connectivity index (χ2n) is 4.17. The van der Waals surface area contributed by atoms with Crippen LogP contribution in [0.5, 0.6) is 0 Å². The van der Waals surface area contributed by atoms with Crippen molar-refractivity contribution in [3.05, 3.63) is 63.3 Å². The van der Waals surface area contributed by atoms with E-state index in [1.807, 2.05) is 41.1 Å². The Labute approximate surface area is 119 Å². The summed E-state index contributed by atoms with van der Waals surface area (Å²) in [7, 11) is 0. The predicted molar refractivity (Wildman–Crippen MR) is 80.0 cm³/mol. The molecule has 0 unspecified atom stereocenters. The summed E-state index contributed by atoms with van der Waals surface area (Å²) < 4.78 is 0. The van der Waals surface area contributed by atoms with Crippen LogP contribution in [-0.4, -0.2) is 10.8 Å². The van der Waals surface area contributed by atoms with E-state index >= 15 is 0 Å². The summed E-state index contributed by atoms with van der Waals surface area (Å²) in [5.41, 5.74) is 2.79. The van der Waals surface area contributed by atoms with Crippen molar-refractivity contribution in [2.45, 2.75) is 6.92 Å². The Morgan fingerprint density at radius 3 is 2.58 bits per heavy atom. The molecule has 0 spiro atoms. The van der Waals surface area contributed by atoms with Crippen molar-refractivity contribution in [3.63, 3.8) is 0 Å². The van der Waals surface area contributed by atoms with Gasteiger partial charge in [0.1, 0.15) is 0 Å². The lowest BCUT2D eigenvalue weighted by molar-refractivity contribution is 0.103. The molecule has 0 aliphatic rings. The Kier molecular flexibility index (Phi) is 3.27. The van der Waals surface area contributed by atoms with Crippen LogP contribution >= 0.6 is 22.7 Å². The number of thiophene rings is 1. The fraction of sp³-hybridized carbons (Fsp3) is 0.0667. The predicted octanol–water partition coefficient (Wildman–Crippen LogP) is 4.41. The van der Waals surface area contributed by atoms with Crippen LogP contribution in [0.4, 0.5) is 0 Å². The number of hydrogen-bond donors (Lipinski definition) is 0. The van der Waals surface area contributed by atoms with Gasteiger partial charge >= 0.3 is 0 Å². The number of thiazole rings is 1. The number of carbonyl (C=O) groups excluding carboxylic acids is 1. The number of aryl methyl sites for hydroxylation is 1. The van der Waals surface area contributed by atoms with Crippen LogP contribution in [0.1, 0.15) is 20.9 Å². The summed E-state index contributed by atoms with van der Waals surface area (Å²) in [5.74, 6) is -0.00828. The first kappa shape index (κ1) is 12.3. The largest absolute Gasteiger partial charge is 0.286 e. The first-order valence-corrected chi connectivity index (χ1v) is 7.61. The van der Waals surface area contributed by atoms with Crippen LogP contribution in [0.25, 0.3) is 10.6 Å². The number of hydrogen-bond acceptors (Lipinski definition) is 4. The molecule has 0 fully saturated rings. The third kappa shape index (κ3) is 2.37. The molecule has 0 amide bonds. The van der Waals surface area contributed by atoms with Gasteiger partial charge < -0.3 is 0 Å². The third-order valence-electron chi connectivity index (χ3n) is 2.83. The number of ketones is 1. The Hall–Kier alpha value is -1.78. The molecule has 0 aliphatic carbocycles. The number of aromatic nitrogens is 1. The molecule has 4 heteroatoms. The van der Waals surface area contributed by atoms with Gasteiger partial charge in [0.2, 0.25) is 5.78 Å². The molecule has 2 aromatic heterocycles. The summed E-state index contributed by atoms with van der Waals surface area (Å²) in [6.07, 6.45) is 0. The average Bonchev–Trinajstić information content (AvgIpc) is 3.07. The van der Waals surface area contributed by atoms with E-state index in [-0.39, 0.29) is 5.78 Å². The van der Waals surface area contributed by atoms with Crippen LogP contribution in [-0.2, 0) is 0 Å². The molecule has 0 saturated carbocycles. The van der Waals surface area contributed by atoms with E-state index in [1.165, 1.54) is 16.9 Å². The van der Waals surface area contributed by atoms with Crippen molar-refractivity contribution in [2.24, 2.45) is 0 Å². The minimum absolute atomic E-state index is 0.00828. The van der Waals surface area contributed by atoms with Gasteiger partial charge in [-0.25, -0.2) is 4.98 Å². The van der Waals surface area contributed by atoms with E-state index < -0.39 is 0 Å². The smallest absolute Gasteiger partial charge is 0.221 e. The van der Waals surface area contributed by atoms with Crippen molar-refractivity contribution >= 4 is 28.5 Å². The van der Waals surface area contributed by atoms with Gasteiger partial charge in [-0.3, -0.25) is 4.79 Å². The minimum atomic E-state index is -0.00828. The van der Waals surface area contributed by atoms with E-state index in [1.54, 1.807) is 11.3 Å². The molecule has 2 nitrogen and oxygen atoms in total. The van der Waals surface area contributed by atoms with Crippen LogP contribution in [0.2, 0.25) is 0 Å². The molecule has 0 saturated heterocycles. The molecule has 0 bridgehead atoms. The van der Waals surface area contributed by atoms with E-state index in [2.05, 4.69) is 18.0 Å². The highest BCUT2D eigenvalue weighted by atomic mass is 32.1. The first-order chi connectivity index (χ1) is 9.25. The molecule has 0 aliphatic heterocycles. The Balaban J connectivity index is 1.94. The summed E-state index contributed by atoms with van der Waals surface area (Å²) >= 11 is 3.06. The van der Waals surface area contributed by atoms with Crippen molar-refractivity contribution in [1.29, 1.82) is 0 Å². The highest BCUT2D eigenvalue weighted by molar-refractivity contribution is 7.15. The molecule has 0 N–H and O–H groups in total. The van der Waals surface area contributed by atoms with Gasteiger partial charge in [-0.05, 0) is 23.9 Å². The lowest BCUT2D eigenvalue weighted by Gasteiger charge is -1.96. The monoisotopic (exact) mass is 285 g/mol. The zero-order valence-corrected chi connectivity index (χ0v) is 11.9. The van der Waals surface area contributed by atoms with Gasteiger partial charge in [-0.15, -0.1) is 22.7 Å². The Bertz CT molecular complexity index is 713. The minimum Gasteiger partial charge on any atom is -0.286 e. The van der Waals surface area contributed by atoms with E-state index in [4.69, 9.17) is 0 Å². The number of nitrogens with zero attached hydrogens (tertiary/aromatic N) is 1. The van der Waals surface area contributed by atoms with E-state index in [0.717, 1.165) is 10.6 Å². The van der Waals surface area contributed by atoms with Gasteiger partial charge in [-0.2, -0.15) is 0 Å². The number of carbonyl (C=O) groups is 1. The summed E-state index contributed by atoms with van der Waals surface area (Å²) in [6.45, 7) is 2.06. The third-order valence-corrected chi connectivity index (χ3v) is 4.71. The van der Waals surface area contributed by atoms with Crippen molar-refractivity contribution in [2.75, 3.05) is 0 Å². The van der Waals surface area contributed by atoms with E-state index in [0.29, 0.717) is 10.6 Å². The fourth-order valence-corrected chi connectivity index (χ4v) is 3.56. The second-order valence-corrected chi connectivity index (χ2v) is 5.94. The molecular weight excluding hydrogens is 274 g/mol. The SMILES string of the molecule is Cc1ccsc1-c1csc(C(=O)c2ccccc2)n1. The maximum Gasteiger partial charge on any atom is 0.221 e. The van der Waals surface area contributed by atoms with Gasteiger partial charge in [0.05, 0.1) is 10.6 Å². The summed E-state index contributed by atoms with van der Waals surface area (Å²) in [4.78, 5) is 17.9. The van der Waals surface area contributed by atoms with Crippen molar-refractivity contribution < 1.29 is 4.79 Å². The standard InChI is InChI=1S/C15H11NOS2/c1-10-7-8-18-14(10)12-9-19-15(16-12)13(17)11-5-3-2-4-6-11/h2-9H,1H3. The summed E-state index contributed by atoms with van der Waals surface area (Å²) in [6, 6.07) is 11.3. The highest BCUT2D eigenvalue weighted by Crippen LogP contribution is 2.30. The molecular formula is C15H11NOS2. The van der Waals surface area contributed by atoms with Gasteiger partial charge in [0.25, 0.3) is 0 Å². The normalized spacial score (nSPS) is 10.6. The molecule has 1 aromatic carbocycles. The Morgan fingerprint density at radius 2 is 1.89 bits per heavy atom. The van der Waals surface area contributed by atoms with Gasteiger partial charge in [0.15, 0.2) is 5.01 Å². The quantitative estimate of drug-likeness (QED) is 0.667. The van der Waals surface area contributed by atoms with Gasteiger partial charge in [0, 0.05) is 10.9 Å².